The molecule has 6 rings (SSSR count). The summed E-state index contributed by atoms with van der Waals surface area (Å²) in [6, 6.07) is 2.00. The molecule has 2 N–H and O–H groups in total. The Morgan fingerprint density at radius 1 is 1.06 bits per heavy atom. The van der Waals surface area contributed by atoms with Crippen molar-refractivity contribution in [2.24, 2.45) is 11.8 Å². The van der Waals surface area contributed by atoms with E-state index in [9.17, 15) is 33.8 Å². The molecule has 3 aliphatic rings. The van der Waals surface area contributed by atoms with E-state index in [1.807, 2.05) is 38.7 Å². The first-order valence-corrected chi connectivity index (χ1v) is 18.0. The van der Waals surface area contributed by atoms with Gasteiger partial charge in [-0.05, 0) is 69.4 Å². The predicted molar refractivity (Wildman–Crippen MR) is 176 cm³/mol. The van der Waals surface area contributed by atoms with Crippen LogP contribution in [0.4, 0.5) is 35.6 Å². The van der Waals surface area contributed by atoms with Gasteiger partial charge in [-0.1, -0.05) is 32.4 Å². The molecule has 3 aromatic rings. The van der Waals surface area contributed by atoms with Crippen molar-refractivity contribution in [1.29, 1.82) is 0 Å². The maximum Gasteiger partial charge on any atom is 0.410 e. The molecule has 2 aromatic heterocycles. The zero-order chi connectivity index (χ0) is 35.6. The van der Waals surface area contributed by atoms with E-state index in [1.165, 1.54) is 4.52 Å². The highest BCUT2D eigenvalue weighted by atomic mass is 32.5. The van der Waals surface area contributed by atoms with Crippen molar-refractivity contribution in [2.75, 3.05) is 49.5 Å². The first-order valence-electron chi connectivity index (χ1n) is 16.0. The van der Waals surface area contributed by atoms with Crippen LogP contribution in [0, 0.1) is 11.8 Å². The van der Waals surface area contributed by atoms with Crippen LogP contribution in [0.5, 0.6) is 0 Å². The highest BCUT2D eigenvalue weighted by Crippen LogP contribution is 3.02. The third-order valence-electron chi connectivity index (χ3n) is 8.81. The first-order chi connectivity index (χ1) is 22.7. The molecule has 2 fully saturated rings. The SMILES string of the molecule is CCc1c(N2CCNCC2)c(=O)n2nc(C3=CC4CN(C(=O)OC(C)(C)C)CC4C3)nc2n1CC(=O)Nc1ccc(S(F)(F)(F)(F)F)cc1. The molecule has 2 amide bonds. The number of carbonyl (C=O) groups excluding carboxylic acids is 2. The second-order valence-corrected chi connectivity index (χ2v) is 16.1. The molecule has 2 atom stereocenters. The third kappa shape index (κ3) is 7.25. The van der Waals surface area contributed by atoms with Gasteiger partial charge in [0.15, 0.2) is 5.82 Å². The van der Waals surface area contributed by atoms with Gasteiger partial charge in [-0.25, -0.2) is 4.79 Å². The second-order valence-electron chi connectivity index (χ2n) is 13.7. The summed E-state index contributed by atoms with van der Waals surface area (Å²) >= 11 is 0. The summed E-state index contributed by atoms with van der Waals surface area (Å²) in [5.74, 6) is -0.0853. The summed E-state index contributed by atoms with van der Waals surface area (Å²) in [4.78, 5) is 46.3. The lowest BCUT2D eigenvalue weighted by Crippen LogP contribution is -2.47. The number of nitrogens with one attached hydrogen (secondary N) is 2. The van der Waals surface area contributed by atoms with Gasteiger partial charge in [0.05, 0.1) is 5.69 Å². The van der Waals surface area contributed by atoms with Crippen LogP contribution in [0.2, 0.25) is 0 Å². The molecule has 18 heteroatoms. The number of ether oxygens (including phenoxy) is 1. The molecule has 268 valence electrons. The zero-order valence-electron chi connectivity index (χ0n) is 27.5. The molecule has 0 bridgehead atoms. The Morgan fingerprint density at radius 2 is 1.73 bits per heavy atom. The van der Waals surface area contributed by atoms with E-state index in [0.29, 0.717) is 69.3 Å². The molecule has 2 saturated heterocycles. The zero-order valence-corrected chi connectivity index (χ0v) is 28.3. The van der Waals surface area contributed by atoms with Crippen molar-refractivity contribution < 1.29 is 33.8 Å². The first kappa shape index (κ1) is 34.7. The molecule has 2 aliphatic heterocycles. The summed E-state index contributed by atoms with van der Waals surface area (Å²) in [7, 11) is -9.88. The summed E-state index contributed by atoms with van der Waals surface area (Å²) in [5.41, 5.74) is 0.574. The number of rotatable bonds is 7. The Hall–Kier alpha value is -4.19. The summed E-state index contributed by atoms with van der Waals surface area (Å²) in [5, 5.41) is 10.3. The number of aromatic nitrogens is 4. The second kappa shape index (κ2) is 11.4. The molecular formula is C31H39F5N8O4S. The fraction of sp³-hybridized carbons (Fsp3) is 0.516. The van der Waals surface area contributed by atoms with E-state index in [4.69, 9.17) is 9.72 Å². The van der Waals surface area contributed by atoms with Crippen molar-refractivity contribution in [3.8, 4) is 0 Å². The topological polar surface area (TPSA) is 126 Å². The minimum Gasteiger partial charge on any atom is -0.444 e. The van der Waals surface area contributed by atoms with E-state index in [1.54, 1.807) is 9.47 Å². The maximum absolute atomic E-state index is 14.0. The molecule has 49 heavy (non-hydrogen) atoms. The molecule has 2 unspecified atom stereocenters. The molecule has 0 saturated carbocycles. The van der Waals surface area contributed by atoms with Gasteiger partial charge >= 0.3 is 16.3 Å². The number of anilines is 2. The van der Waals surface area contributed by atoms with Crippen LogP contribution in [0.1, 0.15) is 45.6 Å². The number of benzene rings is 1. The number of amides is 2. The van der Waals surface area contributed by atoms with Crippen molar-refractivity contribution in [2.45, 2.75) is 57.6 Å². The molecule has 0 spiro atoms. The van der Waals surface area contributed by atoms with Gasteiger partial charge in [-0.15, -0.1) is 5.10 Å². The molecule has 1 aliphatic carbocycles. The van der Waals surface area contributed by atoms with Gasteiger partial charge in [-0.3, -0.25) is 9.59 Å². The minimum absolute atomic E-state index is 0.0481. The number of hydrogen-bond donors (Lipinski definition) is 2. The maximum atomic E-state index is 14.0. The Morgan fingerprint density at radius 3 is 2.33 bits per heavy atom. The van der Waals surface area contributed by atoms with E-state index < -0.39 is 32.2 Å². The number of likely N-dealkylation sites (tertiary alicyclic amines) is 1. The van der Waals surface area contributed by atoms with E-state index in [-0.39, 0.29) is 48.1 Å². The van der Waals surface area contributed by atoms with Gasteiger partial charge < -0.3 is 29.7 Å². The Kier molecular flexibility index (Phi) is 8.09. The Bertz CT molecular complexity index is 1900. The van der Waals surface area contributed by atoms with Crippen LogP contribution >= 0.6 is 10.2 Å². The average molecular weight is 715 g/mol. The number of halogens is 5. The lowest BCUT2D eigenvalue weighted by Gasteiger charge is -2.40. The molecule has 0 radical (unpaired) electrons. The van der Waals surface area contributed by atoms with Crippen LogP contribution in [-0.2, 0) is 22.5 Å². The molecular weight excluding hydrogens is 675 g/mol. The fourth-order valence-corrected chi connectivity index (χ4v) is 7.30. The van der Waals surface area contributed by atoms with Crippen LogP contribution in [0.25, 0.3) is 11.4 Å². The lowest BCUT2D eigenvalue weighted by molar-refractivity contribution is -0.116. The average Bonchev–Trinajstić information content (AvgIpc) is 3.71. The van der Waals surface area contributed by atoms with E-state index in [0.717, 1.165) is 17.7 Å². The molecule has 1 aromatic carbocycles. The largest absolute Gasteiger partial charge is 0.444 e. The van der Waals surface area contributed by atoms with E-state index >= 15 is 0 Å². The van der Waals surface area contributed by atoms with Crippen LogP contribution in [0.3, 0.4) is 0 Å². The molecule has 4 heterocycles. The smallest absolute Gasteiger partial charge is 0.410 e. The van der Waals surface area contributed by atoms with Crippen LogP contribution in [-0.4, -0.2) is 80.9 Å². The Balaban J connectivity index is 1.32. The number of hydrogen-bond acceptors (Lipinski definition) is 8. The van der Waals surface area contributed by atoms with Crippen LogP contribution in [0.15, 0.2) is 40.0 Å². The van der Waals surface area contributed by atoms with Crippen molar-refractivity contribution >= 4 is 44.9 Å². The Labute approximate surface area is 279 Å². The van der Waals surface area contributed by atoms with Crippen molar-refractivity contribution in [3.63, 3.8) is 0 Å². The number of fused-ring (bicyclic) bond motifs is 2. The summed E-state index contributed by atoms with van der Waals surface area (Å²) in [6.07, 6.45) is 2.54. The number of allylic oxidation sites excluding steroid dienone is 1. The van der Waals surface area contributed by atoms with E-state index in [2.05, 4.69) is 15.7 Å². The fourth-order valence-electron chi connectivity index (χ4n) is 6.64. The normalized spacial score (nSPS) is 21.3. The van der Waals surface area contributed by atoms with Crippen molar-refractivity contribution in [3.05, 3.63) is 52.2 Å². The van der Waals surface area contributed by atoms with Crippen molar-refractivity contribution in [1.82, 2.24) is 29.4 Å². The van der Waals surface area contributed by atoms with Gasteiger partial charge in [0.25, 0.3) is 5.56 Å². The monoisotopic (exact) mass is 714 g/mol. The van der Waals surface area contributed by atoms with Crippen LogP contribution < -0.4 is 21.1 Å². The highest BCUT2D eigenvalue weighted by molar-refractivity contribution is 8.45. The minimum atomic E-state index is -9.88. The lowest BCUT2D eigenvalue weighted by atomic mass is 10.00. The highest BCUT2D eigenvalue weighted by Gasteiger charge is 2.65. The third-order valence-corrected chi connectivity index (χ3v) is 9.97. The molecule has 12 nitrogen and oxygen atoms in total. The number of carbonyl (C=O) groups is 2. The van der Waals surface area contributed by atoms with Gasteiger partial charge in [0.1, 0.15) is 22.7 Å². The quantitative estimate of drug-likeness (QED) is 0.311. The predicted octanol–water partition coefficient (Wildman–Crippen LogP) is 5.43. The number of nitrogens with zero attached hydrogens (tertiary/aromatic N) is 6. The van der Waals surface area contributed by atoms with Gasteiger partial charge in [-0.2, -0.15) is 9.50 Å². The van der Waals surface area contributed by atoms with Gasteiger partial charge in [0.2, 0.25) is 11.7 Å². The summed E-state index contributed by atoms with van der Waals surface area (Å²) in [6.45, 7) is 10.2. The van der Waals surface area contributed by atoms with Gasteiger partial charge in [0, 0.05) is 50.9 Å². The summed E-state index contributed by atoms with van der Waals surface area (Å²) < 4.78 is 74.3. The number of piperazine rings is 1. The standard InChI is InChI=1S/C31H39F5N8O4S/c1-5-24-26(41-12-10-37-11-13-41)28(46)44-29(43(24)18-25(45)38-22-6-8-23(9-7-22)49(32,33,34,35)36)39-27(40-44)19-14-20-16-42(17-21(20)15-19)30(47)48-31(2,3)4/h6-9,14,20-21,37H,5,10-13,15-18H2,1-4H3,(H,38,45).